The second kappa shape index (κ2) is 7.83. The number of pyridine rings is 1. The number of aliphatic hydroxyl groups excluding tert-OH is 1. The van der Waals surface area contributed by atoms with Crippen molar-refractivity contribution in [2.45, 2.75) is 13.0 Å². The zero-order chi connectivity index (χ0) is 18.5. The third-order valence-corrected chi connectivity index (χ3v) is 3.66. The maximum absolute atomic E-state index is 9.29. The molecule has 1 atom stereocenters. The van der Waals surface area contributed by atoms with Crippen LogP contribution in [0.3, 0.4) is 0 Å². The highest BCUT2D eigenvalue weighted by Gasteiger charge is 2.17. The maximum Gasteiger partial charge on any atom is 0.259 e. The molecule has 0 saturated heterocycles. The Hall–Kier alpha value is -3.13. The monoisotopic (exact) mass is 356 g/mol. The summed E-state index contributed by atoms with van der Waals surface area (Å²) in [5, 5.41) is 16.3. The molecule has 2 N–H and O–H groups in total. The lowest BCUT2D eigenvalue weighted by Gasteiger charge is -2.09. The van der Waals surface area contributed by atoms with Crippen molar-refractivity contribution in [3.8, 4) is 34.3 Å². The van der Waals surface area contributed by atoms with Crippen LogP contribution in [0.2, 0.25) is 0 Å². The number of aliphatic hydroxyl groups is 1. The topological polar surface area (TPSA) is 103 Å². The Labute approximate surface area is 150 Å². The first-order chi connectivity index (χ1) is 12.6. The lowest BCUT2D eigenvalue weighted by Crippen LogP contribution is -2.15. The van der Waals surface area contributed by atoms with Gasteiger partial charge in [-0.2, -0.15) is 4.98 Å². The molecule has 2 heterocycles. The zero-order valence-electron chi connectivity index (χ0n) is 14.8. The van der Waals surface area contributed by atoms with E-state index in [0.29, 0.717) is 46.7 Å². The third kappa shape index (κ3) is 3.75. The summed E-state index contributed by atoms with van der Waals surface area (Å²) in [6, 6.07) is 9.06. The summed E-state index contributed by atoms with van der Waals surface area (Å²) in [6.45, 7) is 2.13. The number of hydrogen-bond donors (Lipinski definition) is 2. The Balaban J connectivity index is 1.84. The van der Waals surface area contributed by atoms with Gasteiger partial charge in [-0.1, -0.05) is 11.2 Å². The van der Waals surface area contributed by atoms with Gasteiger partial charge in [0.05, 0.1) is 31.5 Å². The quantitative estimate of drug-likeness (QED) is 0.666. The first-order valence-electron chi connectivity index (χ1n) is 8.05. The number of rotatable bonds is 7. The van der Waals surface area contributed by atoms with Crippen LogP contribution in [-0.4, -0.2) is 47.1 Å². The second-order valence-corrected chi connectivity index (χ2v) is 5.63. The van der Waals surface area contributed by atoms with Crippen LogP contribution >= 0.6 is 0 Å². The van der Waals surface area contributed by atoms with Crippen LogP contribution in [0.1, 0.15) is 6.92 Å². The molecular formula is C18H20N4O4. The number of nitrogens with zero attached hydrogens (tertiary/aromatic N) is 3. The van der Waals surface area contributed by atoms with E-state index in [0.717, 1.165) is 0 Å². The average Bonchev–Trinajstić information content (AvgIpc) is 3.16. The molecule has 0 aliphatic rings. The van der Waals surface area contributed by atoms with Gasteiger partial charge >= 0.3 is 0 Å². The molecule has 136 valence electrons. The molecule has 2 aromatic heterocycles. The van der Waals surface area contributed by atoms with Gasteiger partial charge in [-0.05, 0) is 31.2 Å². The van der Waals surface area contributed by atoms with Gasteiger partial charge < -0.3 is 24.4 Å². The maximum atomic E-state index is 9.29. The molecule has 3 aromatic rings. The van der Waals surface area contributed by atoms with Gasteiger partial charge in [0, 0.05) is 12.7 Å². The van der Waals surface area contributed by atoms with Crippen LogP contribution in [0.25, 0.3) is 22.8 Å². The zero-order valence-corrected chi connectivity index (χ0v) is 14.8. The Bertz CT molecular complexity index is 862. The number of benzene rings is 1. The van der Waals surface area contributed by atoms with Gasteiger partial charge in [0.15, 0.2) is 11.5 Å². The van der Waals surface area contributed by atoms with E-state index in [1.165, 1.54) is 0 Å². The normalized spacial score (nSPS) is 11.8. The van der Waals surface area contributed by atoms with Gasteiger partial charge in [-0.15, -0.1) is 0 Å². The van der Waals surface area contributed by atoms with Gasteiger partial charge in [-0.3, -0.25) is 0 Å². The molecule has 0 aliphatic heterocycles. The summed E-state index contributed by atoms with van der Waals surface area (Å²) < 4.78 is 16.1. The smallest absolute Gasteiger partial charge is 0.259 e. The van der Waals surface area contributed by atoms with Crippen molar-refractivity contribution in [1.82, 2.24) is 15.1 Å². The minimum atomic E-state index is -0.451. The van der Waals surface area contributed by atoms with Crippen LogP contribution in [0.5, 0.6) is 11.5 Å². The largest absolute Gasteiger partial charge is 0.493 e. The van der Waals surface area contributed by atoms with Gasteiger partial charge in [0.2, 0.25) is 5.82 Å². The molecule has 0 unspecified atom stereocenters. The summed E-state index contributed by atoms with van der Waals surface area (Å²) in [5.41, 5.74) is 1.36. The summed E-state index contributed by atoms with van der Waals surface area (Å²) in [4.78, 5) is 8.70. The fraction of sp³-hybridized carbons (Fsp3) is 0.278. The lowest BCUT2D eigenvalue weighted by atomic mass is 10.1. The van der Waals surface area contributed by atoms with E-state index < -0.39 is 6.10 Å². The molecular weight excluding hydrogens is 336 g/mol. The van der Waals surface area contributed by atoms with Crippen molar-refractivity contribution < 1.29 is 19.1 Å². The number of anilines is 1. The van der Waals surface area contributed by atoms with E-state index in [-0.39, 0.29) is 0 Å². The summed E-state index contributed by atoms with van der Waals surface area (Å²) in [7, 11) is 3.13. The number of methoxy groups -OCH3 is 2. The molecule has 0 saturated carbocycles. The SMILES string of the molecule is COc1cccc(-c2noc(-c3ccc(NC[C@H](C)O)nc3)n2)c1OC. The second-order valence-electron chi connectivity index (χ2n) is 5.63. The van der Waals surface area contributed by atoms with Gasteiger partial charge in [0.1, 0.15) is 5.82 Å². The Morgan fingerprint density at radius 3 is 2.69 bits per heavy atom. The Morgan fingerprint density at radius 2 is 2.04 bits per heavy atom. The molecule has 8 nitrogen and oxygen atoms in total. The fourth-order valence-corrected chi connectivity index (χ4v) is 2.39. The Kier molecular flexibility index (Phi) is 5.33. The van der Waals surface area contributed by atoms with E-state index in [2.05, 4.69) is 20.4 Å². The number of ether oxygens (including phenoxy) is 2. The van der Waals surface area contributed by atoms with Crippen LogP contribution in [0.4, 0.5) is 5.82 Å². The minimum absolute atomic E-state index is 0.347. The van der Waals surface area contributed by atoms with Crippen molar-refractivity contribution in [2.24, 2.45) is 0 Å². The molecule has 1 aromatic carbocycles. The van der Waals surface area contributed by atoms with E-state index in [9.17, 15) is 5.11 Å². The molecule has 8 heteroatoms. The van der Waals surface area contributed by atoms with Crippen molar-refractivity contribution in [3.05, 3.63) is 36.5 Å². The molecule has 0 amide bonds. The van der Waals surface area contributed by atoms with Crippen molar-refractivity contribution in [3.63, 3.8) is 0 Å². The highest BCUT2D eigenvalue weighted by atomic mass is 16.5. The molecule has 0 spiro atoms. The predicted octanol–water partition coefficient (Wildman–Crippen LogP) is 2.61. The van der Waals surface area contributed by atoms with E-state index in [1.54, 1.807) is 39.5 Å². The number of hydrogen-bond acceptors (Lipinski definition) is 8. The molecule has 0 bridgehead atoms. The highest BCUT2D eigenvalue weighted by molar-refractivity contribution is 5.69. The van der Waals surface area contributed by atoms with Crippen molar-refractivity contribution >= 4 is 5.82 Å². The number of nitrogens with one attached hydrogen (secondary N) is 1. The molecule has 3 rings (SSSR count). The molecule has 0 fully saturated rings. The summed E-state index contributed by atoms with van der Waals surface area (Å²) >= 11 is 0. The van der Waals surface area contributed by atoms with Gasteiger partial charge in [-0.25, -0.2) is 4.98 Å². The summed E-state index contributed by atoms with van der Waals surface area (Å²) in [6.07, 6.45) is 1.18. The molecule has 26 heavy (non-hydrogen) atoms. The predicted molar refractivity (Wildman–Crippen MR) is 96.2 cm³/mol. The number of aromatic nitrogens is 3. The van der Waals surface area contributed by atoms with Crippen LogP contribution in [0.15, 0.2) is 41.1 Å². The van der Waals surface area contributed by atoms with Crippen molar-refractivity contribution in [2.75, 3.05) is 26.1 Å². The summed E-state index contributed by atoms with van der Waals surface area (Å²) in [5.74, 6) is 2.53. The first kappa shape index (κ1) is 17.7. The first-order valence-corrected chi connectivity index (χ1v) is 8.05. The van der Waals surface area contributed by atoms with Crippen molar-refractivity contribution in [1.29, 1.82) is 0 Å². The van der Waals surface area contributed by atoms with Crippen LogP contribution < -0.4 is 14.8 Å². The van der Waals surface area contributed by atoms with Gasteiger partial charge in [0.25, 0.3) is 5.89 Å². The molecule has 0 aliphatic carbocycles. The lowest BCUT2D eigenvalue weighted by molar-refractivity contribution is 0.208. The number of para-hydroxylation sites is 1. The van der Waals surface area contributed by atoms with E-state index in [4.69, 9.17) is 14.0 Å². The Morgan fingerprint density at radius 1 is 1.19 bits per heavy atom. The third-order valence-electron chi connectivity index (χ3n) is 3.66. The highest BCUT2D eigenvalue weighted by Crippen LogP contribution is 2.37. The van der Waals surface area contributed by atoms with E-state index >= 15 is 0 Å². The molecule has 0 radical (unpaired) electrons. The van der Waals surface area contributed by atoms with Crippen LogP contribution in [-0.2, 0) is 0 Å². The fourth-order valence-electron chi connectivity index (χ4n) is 2.39. The minimum Gasteiger partial charge on any atom is -0.493 e. The van der Waals surface area contributed by atoms with Crippen LogP contribution in [0, 0.1) is 0 Å². The average molecular weight is 356 g/mol. The van der Waals surface area contributed by atoms with E-state index in [1.807, 2.05) is 18.2 Å². The standard InChI is InChI=1S/C18H20N4O4/c1-11(23)9-19-15-8-7-12(10-20-15)18-21-17(22-26-18)13-5-4-6-14(24-2)16(13)25-3/h4-8,10-11,23H,9H2,1-3H3,(H,19,20)/t11-/m0/s1.